The van der Waals surface area contributed by atoms with E-state index in [1.165, 1.54) is 105 Å². The van der Waals surface area contributed by atoms with Crippen molar-refractivity contribution in [2.45, 2.75) is 110 Å². The Hall–Kier alpha value is -7.62. The molecule has 0 amide bonds. The molecule has 2 heterocycles. The summed E-state index contributed by atoms with van der Waals surface area (Å²) >= 11 is 0. The standard InChI is InChI=1S/C71H63NO2/c1-67(2,3)49-27-17-13-23-42(49)48-39-54-58(60-46-25-15-21-31-56(46)73-65(48)60)44-35-33-40(37-52(44)69(54,7)8)72(55-30-20-19-29-51(55)68(4,5)6)41-34-36-45-53(38-41)71(11,12)63-59(45)61-47-26-16-22-32-57(47)74-66(61)62-43-24-14-18-28-50(43)70(9,10)64(62)63/h13-39H,1-12H3. The van der Waals surface area contributed by atoms with Gasteiger partial charge >= 0.3 is 0 Å². The molecule has 0 saturated heterocycles. The average Bonchev–Trinajstić information content (AvgIpc) is 4.17. The van der Waals surface area contributed by atoms with Crippen LogP contribution in [0.4, 0.5) is 17.1 Å². The minimum Gasteiger partial charge on any atom is -0.455 e. The summed E-state index contributed by atoms with van der Waals surface area (Å²) in [6, 6.07) is 61.4. The third-order valence-corrected chi connectivity index (χ3v) is 17.7. The van der Waals surface area contributed by atoms with Crippen LogP contribution in [-0.2, 0) is 27.1 Å². The second kappa shape index (κ2) is 14.8. The Balaban J connectivity index is 1.01. The van der Waals surface area contributed by atoms with Gasteiger partial charge in [0, 0.05) is 66.0 Å². The van der Waals surface area contributed by atoms with Gasteiger partial charge in [-0.2, -0.15) is 0 Å². The first-order valence-electron chi connectivity index (χ1n) is 26.7. The van der Waals surface area contributed by atoms with E-state index in [1.807, 2.05) is 0 Å². The van der Waals surface area contributed by atoms with Crippen LogP contribution in [0.25, 0.3) is 88.4 Å². The molecule has 0 spiro atoms. The zero-order valence-corrected chi connectivity index (χ0v) is 44.9. The first-order chi connectivity index (χ1) is 35.3. The number of rotatable bonds is 4. The molecule has 74 heavy (non-hydrogen) atoms. The number of furan rings is 2. The minimum atomic E-state index is -0.338. The minimum absolute atomic E-state index is 0.0635. The van der Waals surface area contributed by atoms with Gasteiger partial charge in [0.25, 0.3) is 0 Å². The van der Waals surface area contributed by atoms with Gasteiger partial charge in [0.05, 0.1) is 0 Å². The van der Waals surface area contributed by atoms with Crippen LogP contribution in [0.2, 0.25) is 0 Å². The summed E-state index contributed by atoms with van der Waals surface area (Å²) < 4.78 is 14.0. The van der Waals surface area contributed by atoms with Crippen LogP contribution < -0.4 is 4.90 Å². The Kier molecular flexibility index (Phi) is 9.00. The van der Waals surface area contributed by atoms with Gasteiger partial charge < -0.3 is 13.7 Å². The molecule has 3 heteroatoms. The van der Waals surface area contributed by atoms with Gasteiger partial charge in [0.15, 0.2) is 0 Å². The second-order valence-electron chi connectivity index (χ2n) is 25.2. The SMILES string of the molecule is CC(C)(C)c1ccccc1-c1cc2c(c3c1oc1ccccc13)-c1ccc(N(c3ccc4c(c3)C(C)(C)c3c5c(c6oc7ccccc7c6c3-4)-c3ccccc3C5(C)C)c3ccccc3C(C)(C)C)cc1C2(C)C. The third-order valence-electron chi connectivity index (χ3n) is 17.7. The van der Waals surface area contributed by atoms with Crippen molar-refractivity contribution in [2.75, 3.05) is 4.90 Å². The first-order valence-corrected chi connectivity index (χ1v) is 26.7. The van der Waals surface area contributed by atoms with E-state index in [9.17, 15) is 0 Å². The van der Waals surface area contributed by atoms with Gasteiger partial charge in [0.1, 0.15) is 22.3 Å². The molecule has 0 bridgehead atoms. The van der Waals surface area contributed by atoms with Crippen molar-refractivity contribution in [1.29, 1.82) is 0 Å². The second-order valence-corrected chi connectivity index (χ2v) is 25.2. The van der Waals surface area contributed by atoms with Crippen molar-refractivity contribution in [3.8, 4) is 44.5 Å². The number of fused-ring (bicyclic) bond motifs is 19. The predicted octanol–water partition coefficient (Wildman–Crippen LogP) is 20.1. The Morgan fingerprint density at radius 1 is 0.365 bits per heavy atom. The Labute approximate surface area is 435 Å². The monoisotopic (exact) mass is 961 g/mol. The van der Waals surface area contributed by atoms with Crippen molar-refractivity contribution < 1.29 is 8.83 Å². The molecule has 0 unspecified atom stereocenters. The molecule has 0 aliphatic heterocycles. The molecule has 14 rings (SSSR count). The average molecular weight is 962 g/mol. The zero-order valence-electron chi connectivity index (χ0n) is 44.9. The highest BCUT2D eigenvalue weighted by Gasteiger charge is 2.49. The summed E-state index contributed by atoms with van der Waals surface area (Å²) in [7, 11) is 0. The highest BCUT2D eigenvalue weighted by Crippen LogP contribution is 2.64. The molecule has 3 aliphatic rings. The van der Waals surface area contributed by atoms with Gasteiger partial charge in [-0.05, 0) is 137 Å². The fourth-order valence-electron chi connectivity index (χ4n) is 14.2. The van der Waals surface area contributed by atoms with Gasteiger partial charge in [-0.25, -0.2) is 0 Å². The van der Waals surface area contributed by atoms with Crippen LogP contribution in [0.5, 0.6) is 0 Å². The van der Waals surface area contributed by atoms with Crippen molar-refractivity contribution >= 4 is 60.9 Å². The topological polar surface area (TPSA) is 29.5 Å². The lowest BCUT2D eigenvalue weighted by Gasteiger charge is -2.34. The van der Waals surface area contributed by atoms with E-state index in [0.717, 1.165) is 44.7 Å². The predicted molar refractivity (Wildman–Crippen MR) is 311 cm³/mol. The van der Waals surface area contributed by atoms with E-state index in [-0.39, 0.29) is 27.1 Å². The van der Waals surface area contributed by atoms with Crippen molar-refractivity contribution in [1.82, 2.24) is 0 Å². The maximum absolute atomic E-state index is 7.03. The van der Waals surface area contributed by atoms with Crippen LogP contribution in [0.3, 0.4) is 0 Å². The normalized spacial score (nSPS) is 15.6. The van der Waals surface area contributed by atoms with Crippen molar-refractivity contribution in [3.63, 3.8) is 0 Å². The molecule has 0 N–H and O–H groups in total. The lowest BCUT2D eigenvalue weighted by molar-refractivity contribution is 0.590. The smallest absolute Gasteiger partial charge is 0.144 e. The number of hydrogen-bond acceptors (Lipinski definition) is 3. The molecule has 2 aromatic heterocycles. The number of para-hydroxylation sites is 3. The molecular weight excluding hydrogens is 899 g/mol. The van der Waals surface area contributed by atoms with E-state index in [4.69, 9.17) is 8.83 Å². The van der Waals surface area contributed by atoms with Gasteiger partial charge in [-0.1, -0.05) is 198 Å². The Morgan fingerprint density at radius 2 is 0.838 bits per heavy atom. The molecule has 3 nitrogen and oxygen atoms in total. The first kappa shape index (κ1) is 45.0. The zero-order chi connectivity index (χ0) is 51.2. The Morgan fingerprint density at radius 3 is 1.49 bits per heavy atom. The van der Waals surface area contributed by atoms with Crippen LogP contribution >= 0.6 is 0 Å². The fourth-order valence-corrected chi connectivity index (χ4v) is 14.2. The third kappa shape index (κ3) is 5.90. The lowest BCUT2D eigenvalue weighted by atomic mass is 9.72. The maximum atomic E-state index is 7.03. The molecule has 11 aromatic rings. The van der Waals surface area contributed by atoms with Gasteiger partial charge in [-0.3, -0.25) is 0 Å². The van der Waals surface area contributed by atoms with Crippen molar-refractivity contribution in [2.24, 2.45) is 0 Å². The molecule has 9 aromatic carbocycles. The van der Waals surface area contributed by atoms with E-state index in [0.29, 0.717) is 0 Å². The van der Waals surface area contributed by atoms with E-state index >= 15 is 0 Å². The van der Waals surface area contributed by atoms with Gasteiger partial charge in [-0.15, -0.1) is 0 Å². The van der Waals surface area contributed by atoms with Gasteiger partial charge in [0.2, 0.25) is 0 Å². The largest absolute Gasteiger partial charge is 0.455 e. The summed E-state index contributed by atoms with van der Waals surface area (Å²) in [5.74, 6) is 0. The molecular formula is C71H63NO2. The summed E-state index contributed by atoms with van der Waals surface area (Å²) in [6.45, 7) is 28.6. The lowest BCUT2D eigenvalue weighted by Crippen LogP contribution is -2.24. The Bertz CT molecular complexity index is 4250. The highest BCUT2D eigenvalue weighted by molar-refractivity contribution is 6.21. The molecule has 0 fully saturated rings. The summed E-state index contributed by atoms with van der Waals surface area (Å²) in [5.41, 5.74) is 27.0. The van der Waals surface area contributed by atoms with E-state index < -0.39 is 0 Å². The van der Waals surface area contributed by atoms with Crippen LogP contribution in [0.15, 0.2) is 173 Å². The van der Waals surface area contributed by atoms with E-state index in [1.54, 1.807) is 0 Å². The molecule has 0 saturated carbocycles. The quantitative estimate of drug-likeness (QED) is 0.176. The summed E-state index contributed by atoms with van der Waals surface area (Å²) in [5, 5.41) is 4.75. The highest BCUT2D eigenvalue weighted by atomic mass is 16.3. The number of benzene rings is 9. The molecule has 0 radical (unpaired) electrons. The van der Waals surface area contributed by atoms with Crippen LogP contribution in [-0.4, -0.2) is 0 Å². The summed E-state index contributed by atoms with van der Waals surface area (Å²) in [4.78, 5) is 2.56. The molecule has 0 atom stereocenters. The van der Waals surface area contributed by atoms with Crippen LogP contribution in [0, 0.1) is 0 Å². The molecule has 3 aliphatic carbocycles. The number of nitrogens with zero attached hydrogens (tertiary/aromatic N) is 1. The fraction of sp³-hybridized carbons (Fsp3) is 0.239. The van der Waals surface area contributed by atoms with E-state index in [2.05, 4.69) is 252 Å². The molecule has 364 valence electrons. The van der Waals surface area contributed by atoms with Crippen molar-refractivity contribution in [3.05, 3.63) is 208 Å². The van der Waals surface area contributed by atoms with Crippen LogP contribution in [0.1, 0.15) is 128 Å². The number of hydrogen-bond donors (Lipinski definition) is 0. The number of anilines is 3. The summed E-state index contributed by atoms with van der Waals surface area (Å²) in [6.07, 6.45) is 0. The maximum Gasteiger partial charge on any atom is 0.144 e.